The minimum absolute atomic E-state index is 0.0405. The highest BCUT2D eigenvalue weighted by molar-refractivity contribution is 5.43. The van der Waals surface area contributed by atoms with Gasteiger partial charge >= 0.3 is 0 Å². The lowest BCUT2D eigenvalue weighted by molar-refractivity contribution is 0.00620. The highest BCUT2D eigenvalue weighted by Gasteiger charge is 2.25. The Morgan fingerprint density at radius 3 is 2.42 bits per heavy atom. The zero-order valence-corrected chi connectivity index (χ0v) is 12.2. The molecule has 0 saturated heterocycles. The zero-order valence-electron chi connectivity index (χ0n) is 12.2. The molecule has 1 aliphatic carbocycles. The molecule has 1 aliphatic rings. The van der Waals surface area contributed by atoms with Crippen molar-refractivity contribution in [3.8, 4) is 5.75 Å². The molecule has 0 aromatic heterocycles. The second-order valence-electron chi connectivity index (χ2n) is 5.60. The van der Waals surface area contributed by atoms with Crippen molar-refractivity contribution >= 4 is 0 Å². The van der Waals surface area contributed by atoms with Crippen LogP contribution in [0.15, 0.2) is 12.1 Å². The monoisotopic (exact) mass is 263 g/mol. The average molecular weight is 263 g/mol. The molecule has 2 unspecified atom stereocenters. The van der Waals surface area contributed by atoms with Gasteiger partial charge in [0.15, 0.2) is 0 Å². The summed E-state index contributed by atoms with van der Waals surface area (Å²) in [7, 11) is 1.95. The van der Waals surface area contributed by atoms with Crippen LogP contribution in [0.3, 0.4) is 0 Å². The van der Waals surface area contributed by atoms with Crippen LogP contribution >= 0.6 is 0 Å². The molecule has 1 fully saturated rings. The highest BCUT2D eigenvalue weighted by atomic mass is 16.5. The van der Waals surface area contributed by atoms with E-state index in [1.165, 1.54) is 5.56 Å². The molecule has 2 rings (SSSR count). The normalized spacial score (nSPS) is 23.4. The first kappa shape index (κ1) is 14.4. The van der Waals surface area contributed by atoms with Crippen LogP contribution < -0.4 is 10.1 Å². The Kier molecular flexibility index (Phi) is 4.83. The second-order valence-corrected chi connectivity index (χ2v) is 5.60. The summed E-state index contributed by atoms with van der Waals surface area (Å²) in [6.45, 7) is 5.03. The molecule has 0 spiro atoms. The van der Waals surface area contributed by atoms with Crippen LogP contribution in [0.2, 0.25) is 0 Å². The first-order valence-corrected chi connectivity index (χ1v) is 7.21. The van der Waals surface area contributed by atoms with Gasteiger partial charge in [-0.1, -0.05) is 18.6 Å². The Hall–Kier alpha value is -1.06. The summed E-state index contributed by atoms with van der Waals surface area (Å²) in [5.41, 5.74) is 3.58. The maximum Gasteiger partial charge on any atom is 0.125 e. The van der Waals surface area contributed by atoms with Gasteiger partial charge in [-0.2, -0.15) is 0 Å². The number of hydrogen-bond acceptors (Lipinski definition) is 3. The van der Waals surface area contributed by atoms with Crippen molar-refractivity contribution < 1.29 is 9.84 Å². The Labute approximate surface area is 116 Å². The minimum atomic E-state index is -0.315. The van der Waals surface area contributed by atoms with Crippen LogP contribution in [0.4, 0.5) is 0 Å². The third-order valence-electron chi connectivity index (χ3n) is 3.84. The molecule has 3 heteroatoms. The number of aliphatic hydroxyl groups excluding tert-OH is 1. The Balaban J connectivity index is 2.15. The number of ether oxygens (including phenoxy) is 1. The van der Waals surface area contributed by atoms with Gasteiger partial charge in [-0.15, -0.1) is 0 Å². The molecule has 0 aliphatic heterocycles. The van der Waals surface area contributed by atoms with Gasteiger partial charge in [0.2, 0.25) is 0 Å². The van der Waals surface area contributed by atoms with Gasteiger partial charge in [0.1, 0.15) is 11.9 Å². The number of rotatable bonds is 4. The number of nitrogens with one attached hydrogen (secondary N) is 1. The van der Waals surface area contributed by atoms with E-state index in [9.17, 15) is 5.11 Å². The fourth-order valence-corrected chi connectivity index (χ4v) is 2.90. The molecular formula is C16H25NO2. The lowest BCUT2D eigenvalue weighted by Crippen LogP contribution is -2.35. The van der Waals surface area contributed by atoms with Gasteiger partial charge in [-0.3, -0.25) is 0 Å². The Morgan fingerprint density at radius 1 is 1.21 bits per heavy atom. The van der Waals surface area contributed by atoms with E-state index >= 15 is 0 Å². The van der Waals surface area contributed by atoms with Crippen molar-refractivity contribution in [2.24, 2.45) is 0 Å². The lowest BCUT2D eigenvalue weighted by Gasteiger charge is -2.29. The van der Waals surface area contributed by atoms with Crippen molar-refractivity contribution in [2.75, 3.05) is 7.05 Å². The van der Waals surface area contributed by atoms with Gasteiger partial charge in [-0.05, 0) is 56.8 Å². The first-order valence-electron chi connectivity index (χ1n) is 7.21. The third kappa shape index (κ3) is 3.48. The molecule has 1 aromatic rings. The number of hydrogen-bond donors (Lipinski definition) is 2. The van der Waals surface area contributed by atoms with E-state index in [2.05, 4.69) is 31.3 Å². The number of aliphatic hydroxyl groups is 1. The third-order valence-corrected chi connectivity index (χ3v) is 3.84. The average Bonchev–Trinajstić information content (AvgIpc) is 2.36. The van der Waals surface area contributed by atoms with E-state index in [1.807, 2.05) is 7.05 Å². The van der Waals surface area contributed by atoms with Crippen molar-refractivity contribution in [3.05, 3.63) is 28.8 Å². The minimum Gasteiger partial charge on any atom is -0.487 e. The van der Waals surface area contributed by atoms with E-state index in [0.29, 0.717) is 0 Å². The summed E-state index contributed by atoms with van der Waals surface area (Å²) in [6.07, 6.45) is 3.72. The molecule has 0 amide bonds. The SMILES string of the molecule is CNCc1cc(C)c(OC2CCCCC2O)c(C)c1. The molecule has 19 heavy (non-hydrogen) atoms. The lowest BCUT2D eigenvalue weighted by atomic mass is 9.94. The van der Waals surface area contributed by atoms with Crippen molar-refractivity contribution in [3.63, 3.8) is 0 Å². The predicted molar refractivity (Wildman–Crippen MR) is 77.6 cm³/mol. The van der Waals surface area contributed by atoms with E-state index in [0.717, 1.165) is 49.1 Å². The van der Waals surface area contributed by atoms with Crippen molar-refractivity contribution in [1.29, 1.82) is 0 Å². The molecule has 3 nitrogen and oxygen atoms in total. The summed E-state index contributed by atoms with van der Waals surface area (Å²) < 4.78 is 6.09. The van der Waals surface area contributed by atoms with Gasteiger partial charge in [0.05, 0.1) is 6.10 Å². The van der Waals surface area contributed by atoms with Crippen LogP contribution in [-0.4, -0.2) is 24.4 Å². The van der Waals surface area contributed by atoms with Crippen molar-refractivity contribution in [1.82, 2.24) is 5.32 Å². The molecule has 1 aromatic carbocycles. The number of benzene rings is 1. The maximum absolute atomic E-state index is 10.0. The molecule has 1 saturated carbocycles. The second kappa shape index (κ2) is 6.40. The largest absolute Gasteiger partial charge is 0.487 e. The van der Waals surface area contributed by atoms with Crippen LogP contribution in [0, 0.1) is 13.8 Å². The Morgan fingerprint density at radius 2 is 1.84 bits per heavy atom. The van der Waals surface area contributed by atoms with E-state index in [-0.39, 0.29) is 12.2 Å². The molecule has 106 valence electrons. The predicted octanol–water partition coefficient (Wildman–Crippen LogP) is 2.71. The van der Waals surface area contributed by atoms with Crippen LogP contribution in [0.5, 0.6) is 5.75 Å². The molecular weight excluding hydrogens is 238 g/mol. The van der Waals surface area contributed by atoms with Gasteiger partial charge < -0.3 is 15.2 Å². The molecule has 0 bridgehead atoms. The van der Waals surface area contributed by atoms with Gasteiger partial charge in [0.25, 0.3) is 0 Å². The van der Waals surface area contributed by atoms with Crippen LogP contribution in [-0.2, 0) is 6.54 Å². The van der Waals surface area contributed by atoms with E-state index in [1.54, 1.807) is 0 Å². The van der Waals surface area contributed by atoms with Gasteiger partial charge in [-0.25, -0.2) is 0 Å². The van der Waals surface area contributed by atoms with Crippen molar-refractivity contribution in [2.45, 2.75) is 58.3 Å². The number of aryl methyl sites for hydroxylation is 2. The smallest absolute Gasteiger partial charge is 0.125 e. The quantitative estimate of drug-likeness (QED) is 0.877. The molecule has 0 heterocycles. The molecule has 0 radical (unpaired) electrons. The summed E-state index contributed by atoms with van der Waals surface area (Å²) in [5, 5.41) is 13.2. The zero-order chi connectivity index (χ0) is 13.8. The summed E-state index contributed by atoms with van der Waals surface area (Å²) >= 11 is 0. The van der Waals surface area contributed by atoms with Crippen LogP contribution in [0.25, 0.3) is 0 Å². The fourth-order valence-electron chi connectivity index (χ4n) is 2.90. The summed E-state index contributed by atoms with van der Waals surface area (Å²) in [4.78, 5) is 0. The molecule has 2 N–H and O–H groups in total. The van der Waals surface area contributed by atoms with Crippen LogP contribution in [0.1, 0.15) is 42.4 Å². The maximum atomic E-state index is 10.0. The Bertz CT molecular complexity index is 408. The van der Waals surface area contributed by atoms with E-state index < -0.39 is 0 Å². The summed E-state index contributed by atoms with van der Waals surface area (Å²) in [5.74, 6) is 0.950. The fraction of sp³-hybridized carbons (Fsp3) is 0.625. The van der Waals surface area contributed by atoms with E-state index in [4.69, 9.17) is 4.74 Å². The first-order chi connectivity index (χ1) is 9.11. The van der Waals surface area contributed by atoms with Gasteiger partial charge in [0, 0.05) is 6.54 Å². The summed E-state index contributed by atoms with van der Waals surface area (Å²) in [6, 6.07) is 4.32. The standard InChI is InChI=1S/C16H25NO2/c1-11-8-13(10-17-3)9-12(2)16(11)19-15-7-5-4-6-14(15)18/h8-9,14-15,17-18H,4-7,10H2,1-3H3. The highest BCUT2D eigenvalue weighted by Crippen LogP contribution is 2.29. The topological polar surface area (TPSA) is 41.5 Å². The molecule has 2 atom stereocenters.